The molecule has 0 fully saturated rings. The molecule has 0 amide bonds. The largest absolute Gasteiger partial charge is 1.00 e. The fourth-order valence-electron chi connectivity index (χ4n) is 1.05. The van der Waals surface area contributed by atoms with Crippen LogP contribution in [0.4, 0.5) is 0 Å². The number of carboxylic acids is 1. The Morgan fingerprint density at radius 3 is 2.80 bits per heavy atom. The van der Waals surface area contributed by atoms with E-state index in [0.29, 0.717) is 5.57 Å². The summed E-state index contributed by atoms with van der Waals surface area (Å²) in [6, 6.07) is 0. The van der Waals surface area contributed by atoms with Gasteiger partial charge < -0.3 is 19.6 Å². The number of aryl methyl sites for hydroxylation is 1. The standard InChI is InChI=1S/C9H12N2O3.K/c1-11-6-10-4-8(11)2-7(5-12)3-9(13)14;/h2,4,6,12H,3,5H2,1H3,(H,13,14);/q;+1/p-1/b7-2+;. The molecule has 0 aromatic carbocycles. The minimum atomic E-state index is -1.20. The van der Waals surface area contributed by atoms with Crippen molar-refractivity contribution in [3.05, 3.63) is 23.8 Å². The maximum atomic E-state index is 10.3. The van der Waals surface area contributed by atoms with Crippen molar-refractivity contribution in [2.75, 3.05) is 6.61 Å². The predicted molar refractivity (Wildman–Crippen MR) is 47.9 cm³/mol. The van der Waals surface area contributed by atoms with E-state index >= 15 is 0 Å². The molecule has 0 bridgehead atoms. The number of aliphatic carboxylic acids is 1. The summed E-state index contributed by atoms with van der Waals surface area (Å²) in [4.78, 5) is 14.2. The molecule has 0 atom stereocenters. The Morgan fingerprint density at radius 1 is 1.73 bits per heavy atom. The molecule has 1 aromatic rings. The van der Waals surface area contributed by atoms with Gasteiger partial charge >= 0.3 is 51.4 Å². The zero-order valence-corrected chi connectivity index (χ0v) is 11.9. The Morgan fingerprint density at radius 2 is 2.40 bits per heavy atom. The van der Waals surface area contributed by atoms with Gasteiger partial charge in [0.2, 0.25) is 0 Å². The normalized spacial score (nSPS) is 10.9. The first-order chi connectivity index (χ1) is 6.63. The molecular formula is C9H11KN2O3. The number of aliphatic hydroxyl groups is 1. The van der Waals surface area contributed by atoms with Crippen molar-refractivity contribution in [3.63, 3.8) is 0 Å². The van der Waals surface area contributed by atoms with E-state index in [1.54, 1.807) is 30.2 Å². The summed E-state index contributed by atoms with van der Waals surface area (Å²) in [7, 11) is 1.78. The topological polar surface area (TPSA) is 78.2 Å². The summed E-state index contributed by atoms with van der Waals surface area (Å²) in [6.45, 7) is -0.292. The third-order valence-electron chi connectivity index (χ3n) is 1.78. The van der Waals surface area contributed by atoms with Crippen LogP contribution in [0.2, 0.25) is 0 Å². The summed E-state index contributed by atoms with van der Waals surface area (Å²) < 4.78 is 1.73. The second-order valence-electron chi connectivity index (χ2n) is 2.94. The number of aliphatic hydroxyl groups excluding tert-OH is 1. The van der Waals surface area contributed by atoms with E-state index in [9.17, 15) is 9.90 Å². The number of carbonyl (C=O) groups is 1. The zero-order valence-electron chi connectivity index (χ0n) is 8.80. The molecule has 0 aliphatic heterocycles. The van der Waals surface area contributed by atoms with Gasteiger partial charge in [-0.15, -0.1) is 0 Å². The van der Waals surface area contributed by atoms with Gasteiger partial charge in [0.1, 0.15) is 0 Å². The third kappa shape index (κ3) is 5.05. The second-order valence-corrected chi connectivity index (χ2v) is 2.94. The summed E-state index contributed by atoms with van der Waals surface area (Å²) in [5.41, 5.74) is 1.14. The Hall–Kier alpha value is 0.0164. The van der Waals surface area contributed by atoms with Crippen LogP contribution in [0.15, 0.2) is 18.1 Å². The quantitative estimate of drug-likeness (QED) is 0.538. The summed E-state index contributed by atoms with van der Waals surface area (Å²) in [6.07, 6.45) is 4.51. The average Bonchev–Trinajstić information content (AvgIpc) is 2.50. The fraction of sp³-hybridized carbons (Fsp3) is 0.333. The monoisotopic (exact) mass is 234 g/mol. The van der Waals surface area contributed by atoms with E-state index in [2.05, 4.69) is 4.98 Å². The van der Waals surface area contributed by atoms with Crippen LogP contribution in [-0.4, -0.2) is 27.2 Å². The maximum Gasteiger partial charge on any atom is 1.00 e. The van der Waals surface area contributed by atoms with Gasteiger partial charge in [0.15, 0.2) is 0 Å². The van der Waals surface area contributed by atoms with Gasteiger partial charge in [-0.1, -0.05) is 0 Å². The van der Waals surface area contributed by atoms with Crippen LogP contribution in [0, 0.1) is 0 Å². The fourth-order valence-corrected chi connectivity index (χ4v) is 1.05. The molecule has 15 heavy (non-hydrogen) atoms. The van der Waals surface area contributed by atoms with Gasteiger partial charge in [-0.05, 0) is 11.6 Å². The van der Waals surface area contributed by atoms with Gasteiger partial charge in [-0.25, -0.2) is 4.98 Å². The van der Waals surface area contributed by atoms with Crippen molar-refractivity contribution in [2.24, 2.45) is 7.05 Å². The first kappa shape index (κ1) is 15.0. The first-order valence-corrected chi connectivity index (χ1v) is 4.10. The Labute approximate surface area is 130 Å². The molecule has 0 aliphatic rings. The molecule has 5 nitrogen and oxygen atoms in total. The summed E-state index contributed by atoms with van der Waals surface area (Å²) in [5, 5.41) is 19.2. The molecule has 76 valence electrons. The molecule has 1 N–H and O–H groups in total. The minimum Gasteiger partial charge on any atom is -0.550 e. The van der Waals surface area contributed by atoms with Gasteiger partial charge in [0, 0.05) is 19.4 Å². The number of carboxylic acid groups (broad SMARTS) is 1. The summed E-state index contributed by atoms with van der Waals surface area (Å²) in [5.74, 6) is -1.20. The van der Waals surface area contributed by atoms with Crippen molar-refractivity contribution in [1.82, 2.24) is 9.55 Å². The van der Waals surface area contributed by atoms with Crippen molar-refractivity contribution < 1.29 is 66.4 Å². The number of hydrogen-bond acceptors (Lipinski definition) is 4. The molecule has 0 saturated heterocycles. The number of nitrogens with zero attached hydrogens (tertiary/aromatic N) is 2. The molecule has 0 saturated carbocycles. The molecule has 0 aliphatic carbocycles. The third-order valence-corrected chi connectivity index (χ3v) is 1.78. The van der Waals surface area contributed by atoms with Crippen molar-refractivity contribution in [3.8, 4) is 0 Å². The van der Waals surface area contributed by atoms with E-state index in [0.717, 1.165) is 5.69 Å². The van der Waals surface area contributed by atoms with Crippen molar-refractivity contribution in [1.29, 1.82) is 0 Å². The van der Waals surface area contributed by atoms with Crippen molar-refractivity contribution in [2.45, 2.75) is 6.42 Å². The molecule has 1 rings (SSSR count). The van der Waals surface area contributed by atoms with Crippen LogP contribution >= 0.6 is 0 Å². The summed E-state index contributed by atoms with van der Waals surface area (Å²) >= 11 is 0. The maximum absolute atomic E-state index is 10.3. The molecule has 0 radical (unpaired) electrons. The van der Waals surface area contributed by atoms with Crippen LogP contribution < -0.4 is 56.5 Å². The van der Waals surface area contributed by atoms with E-state index in [1.165, 1.54) is 0 Å². The number of hydrogen-bond donors (Lipinski definition) is 1. The smallest absolute Gasteiger partial charge is 0.550 e. The molecule has 1 aromatic heterocycles. The molecule has 6 heteroatoms. The molecule has 1 heterocycles. The van der Waals surface area contributed by atoms with E-state index in [-0.39, 0.29) is 64.4 Å². The minimum absolute atomic E-state index is 0. The average molecular weight is 234 g/mol. The van der Waals surface area contributed by atoms with Crippen LogP contribution in [0.1, 0.15) is 12.1 Å². The van der Waals surface area contributed by atoms with Gasteiger partial charge in [0.25, 0.3) is 0 Å². The zero-order chi connectivity index (χ0) is 10.6. The van der Waals surface area contributed by atoms with Gasteiger partial charge in [-0.3, -0.25) is 0 Å². The molecule has 0 unspecified atom stereocenters. The first-order valence-electron chi connectivity index (χ1n) is 4.10. The second kappa shape index (κ2) is 7.32. The predicted octanol–water partition coefficient (Wildman–Crippen LogP) is -4.06. The van der Waals surface area contributed by atoms with Crippen LogP contribution in [0.25, 0.3) is 6.08 Å². The SMILES string of the molecule is Cn1cncc1/C=C(/CO)CC(=O)[O-].[K+]. The van der Waals surface area contributed by atoms with E-state index in [1.807, 2.05) is 0 Å². The van der Waals surface area contributed by atoms with Crippen molar-refractivity contribution >= 4 is 12.0 Å². The van der Waals surface area contributed by atoms with Gasteiger partial charge in [-0.2, -0.15) is 0 Å². The Bertz CT molecular complexity index is 360. The Balaban J connectivity index is 0.00000196. The molecule has 0 spiro atoms. The van der Waals surface area contributed by atoms with E-state index < -0.39 is 5.97 Å². The number of imidazole rings is 1. The molecular weight excluding hydrogens is 223 g/mol. The van der Waals surface area contributed by atoms with Crippen LogP contribution in [-0.2, 0) is 11.8 Å². The number of aromatic nitrogens is 2. The Kier molecular flexibility index (Phi) is 7.32. The number of carbonyl (C=O) groups excluding carboxylic acids is 1. The van der Waals surface area contributed by atoms with E-state index in [4.69, 9.17) is 5.11 Å². The number of rotatable bonds is 4. The van der Waals surface area contributed by atoms with Crippen LogP contribution in [0.3, 0.4) is 0 Å². The van der Waals surface area contributed by atoms with Gasteiger partial charge in [0.05, 0.1) is 24.8 Å². The van der Waals surface area contributed by atoms with Crippen LogP contribution in [0.5, 0.6) is 0 Å².